The highest BCUT2D eigenvalue weighted by Crippen LogP contribution is 2.38. The molecule has 1 amide bonds. The van der Waals surface area contributed by atoms with Crippen LogP contribution in [0.1, 0.15) is 30.9 Å². The van der Waals surface area contributed by atoms with Crippen LogP contribution in [0.3, 0.4) is 0 Å². The minimum atomic E-state index is -3.03. The van der Waals surface area contributed by atoms with Gasteiger partial charge in [0.2, 0.25) is 5.91 Å². The molecule has 0 bridgehead atoms. The summed E-state index contributed by atoms with van der Waals surface area (Å²) >= 11 is 0. The minimum absolute atomic E-state index is 0.0246. The van der Waals surface area contributed by atoms with E-state index in [0.717, 1.165) is 23.2 Å². The molecule has 2 fully saturated rings. The molecule has 1 aromatic heterocycles. The van der Waals surface area contributed by atoms with Crippen LogP contribution in [0.25, 0.3) is 0 Å². The van der Waals surface area contributed by atoms with Crippen molar-refractivity contribution in [2.75, 3.05) is 11.5 Å². The Kier molecular flexibility index (Phi) is 3.56. The Morgan fingerprint density at radius 2 is 2.10 bits per heavy atom. The van der Waals surface area contributed by atoms with E-state index in [1.165, 1.54) is 6.07 Å². The number of carbonyl (C=O) groups excluding carboxylic acids is 1. The molecule has 1 aliphatic carbocycles. The number of sulfone groups is 1. The van der Waals surface area contributed by atoms with Crippen molar-refractivity contribution in [3.05, 3.63) is 28.2 Å². The number of nitrogens with zero attached hydrogens (tertiary/aromatic N) is 2. The maximum atomic E-state index is 11.9. The molecular weight excluding hydrogens is 294 g/mol. The van der Waals surface area contributed by atoms with Gasteiger partial charge in [-0.25, -0.2) is 13.1 Å². The van der Waals surface area contributed by atoms with E-state index in [0.29, 0.717) is 12.3 Å². The van der Waals surface area contributed by atoms with Gasteiger partial charge in [-0.15, -0.1) is 0 Å². The Morgan fingerprint density at radius 3 is 2.71 bits per heavy atom. The van der Waals surface area contributed by atoms with Gasteiger partial charge in [-0.05, 0) is 25.3 Å². The third-order valence-corrected chi connectivity index (χ3v) is 5.54. The first-order chi connectivity index (χ1) is 9.93. The summed E-state index contributed by atoms with van der Waals surface area (Å²) in [5.74, 6) is 0.107. The zero-order chi connectivity index (χ0) is 15.0. The number of hydrogen-bond donors (Lipinski definition) is 1. The fraction of sp³-hybridized carbons (Fsp3) is 0.615. The Hall–Kier alpha value is -1.70. The first kappa shape index (κ1) is 14.2. The van der Waals surface area contributed by atoms with E-state index in [1.54, 1.807) is 6.07 Å². The normalized spacial score (nSPS) is 23.9. The molecule has 0 radical (unpaired) electrons. The van der Waals surface area contributed by atoms with Crippen molar-refractivity contribution >= 4 is 15.7 Å². The van der Waals surface area contributed by atoms with Crippen LogP contribution in [0.15, 0.2) is 16.9 Å². The molecule has 114 valence electrons. The third-order valence-electron chi connectivity index (χ3n) is 3.77. The molecule has 0 spiro atoms. The molecule has 0 unspecified atom stereocenters. The molecule has 1 aliphatic heterocycles. The standard InChI is InChI=1S/C13H17N3O4S/c17-12(14-10-5-6-21(19,20)8-10)7-16-13(18)4-3-11(15-16)9-1-2-9/h3-4,9-10H,1-2,5-8H2,(H,14,17)/t10-/m0/s1. The molecule has 2 heterocycles. The van der Waals surface area contributed by atoms with Gasteiger partial charge in [-0.2, -0.15) is 5.10 Å². The molecule has 8 heteroatoms. The maximum Gasteiger partial charge on any atom is 0.267 e. The summed E-state index contributed by atoms with van der Waals surface area (Å²) in [4.78, 5) is 23.6. The molecule has 0 aromatic carbocycles. The van der Waals surface area contributed by atoms with Gasteiger partial charge in [0.05, 0.1) is 17.2 Å². The SMILES string of the molecule is O=C(Cn1nc(C2CC2)ccc1=O)N[C@H]1CCS(=O)(=O)C1. The van der Waals surface area contributed by atoms with E-state index in [1.807, 2.05) is 0 Å². The van der Waals surface area contributed by atoms with Gasteiger partial charge in [0.1, 0.15) is 6.54 Å². The van der Waals surface area contributed by atoms with Crippen LogP contribution in [-0.2, 0) is 21.2 Å². The van der Waals surface area contributed by atoms with Crippen molar-refractivity contribution < 1.29 is 13.2 Å². The van der Waals surface area contributed by atoms with E-state index < -0.39 is 9.84 Å². The lowest BCUT2D eigenvalue weighted by molar-refractivity contribution is -0.122. The van der Waals surface area contributed by atoms with Crippen LogP contribution in [0, 0.1) is 0 Å². The summed E-state index contributed by atoms with van der Waals surface area (Å²) in [7, 11) is -3.03. The highest BCUT2D eigenvalue weighted by Gasteiger charge is 2.29. The largest absolute Gasteiger partial charge is 0.351 e. The van der Waals surface area contributed by atoms with Crippen LogP contribution in [0.4, 0.5) is 0 Å². The van der Waals surface area contributed by atoms with E-state index >= 15 is 0 Å². The highest BCUT2D eigenvalue weighted by molar-refractivity contribution is 7.91. The van der Waals surface area contributed by atoms with Crippen molar-refractivity contribution in [2.45, 2.75) is 37.8 Å². The second kappa shape index (κ2) is 5.25. The fourth-order valence-corrected chi connectivity index (χ4v) is 4.17. The highest BCUT2D eigenvalue weighted by atomic mass is 32.2. The van der Waals surface area contributed by atoms with Gasteiger partial charge in [0.15, 0.2) is 9.84 Å². The number of hydrogen-bond acceptors (Lipinski definition) is 5. The van der Waals surface area contributed by atoms with Gasteiger partial charge >= 0.3 is 0 Å². The van der Waals surface area contributed by atoms with Crippen molar-refractivity contribution in [1.82, 2.24) is 15.1 Å². The molecule has 1 N–H and O–H groups in total. The quantitative estimate of drug-likeness (QED) is 0.802. The lowest BCUT2D eigenvalue weighted by atomic mass is 10.2. The Morgan fingerprint density at radius 1 is 1.33 bits per heavy atom. The summed E-state index contributed by atoms with van der Waals surface area (Å²) < 4.78 is 23.8. The van der Waals surface area contributed by atoms with E-state index in [4.69, 9.17) is 0 Å². The van der Waals surface area contributed by atoms with Crippen molar-refractivity contribution in [3.63, 3.8) is 0 Å². The van der Waals surface area contributed by atoms with Crippen molar-refractivity contribution in [1.29, 1.82) is 0 Å². The Labute approximate surface area is 122 Å². The van der Waals surface area contributed by atoms with Crippen molar-refractivity contribution in [2.24, 2.45) is 0 Å². The average Bonchev–Trinajstić information content (AvgIpc) is 3.18. The van der Waals surface area contributed by atoms with Gasteiger partial charge in [-0.1, -0.05) is 0 Å². The zero-order valence-electron chi connectivity index (χ0n) is 11.5. The summed E-state index contributed by atoms with van der Waals surface area (Å²) in [5, 5.41) is 6.86. The van der Waals surface area contributed by atoms with Gasteiger partial charge in [-0.3, -0.25) is 9.59 Å². The molecular formula is C13H17N3O4S. The Balaban J connectivity index is 1.64. The first-order valence-corrected chi connectivity index (χ1v) is 8.83. The van der Waals surface area contributed by atoms with Crippen LogP contribution in [-0.4, -0.2) is 41.7 Å². The zero-order valence-corrected chi connectivity index (χ0v) is 12.3. The lowest BCUT2D eigenvalue weighted by Crippen LogP contribution is -2.40. The fourth-order valence-electron chi connectivity index (χ4n) is 2.49. The molecule has 7 nitrogen and oxygen atoms in total. The second-order valence-corrected chi connectivity index (χ2v) is 7.92. The van der Waals surface area contributed by atoms with Crippen LogP contribution in [0.2, 0.25) is 0 Å². The van der Waals surface area contributed by atoms with Gasteiger partial charge < -0.3 is 5.32 Å². The second-order valence-electron chi connectivity index (χ2n) is 5.70. The van der Waals surface area contributed by atoms with Crippen LogP contribution >= 0.6 is 0 Å². The predicted molar refractivity (Wildman–Crippen MR) is 75.7 cm³/mol. The minimum Gasteiger partial charge on any atom is -0.351 e. The Bertz CT molecular complexity index is 721. The number of rotatable bonds is 4. The van der Waals surface area contributed by atoms with Crippen LogP contribution < -0.4 is 10.9 Å². The summed E-state index contributed by atoms with van der Waals surface area (Å²) in [6.45, 7) is -0.171. The average molecular weight is 311 g/mol. The third kappa shape index (κ3) is 3.49. The molecule has 3 rings (SSSR count). The van der Waals surface area contributed by atoms with Crippen molar-refractivity contribution in [3.8, 4) is 0 Å². The van der Waals surface area contributed by atoms with E-state index in [9.17, 15) is 18.0 Å². The van der Waals surface area contributed by atoms with E-state index in [2.05, 4.69) is 10.4 Å². The van der Waals surface area contributed by atoms with Gasteiger partial charge in [0.25, 0.3) is 5.56 Å². The van der Waals surface area contributed by atoms with Gasteiger partial charge in [0, 0.05) is 18.0 Å². The topological polar surface area (TPSA) is 98.1 Å². The summed E-state index contributed by atoms with van der Waals surface area (Å²) in [6.07, 6.45) is 2.56. The maximum absolute atomic E-state index is 11.9. The molecule has 21 heavy (non-hydrogen) atoms. The molecule has 1 aromatic rings. The number of aromatic nitrogens is 2. The number of amides is 1. The number of nitrogens with one attached hydrogen (secondary N) is 1. The predicted octanol–water partition coefficient (Wildman–Crippen LogP) is -0.576. The summed E-state index contributed by atoms with van der Waals surface area (Å²) in [6, 6.07) is 2.77. The smallest absolute Gasteiger partial charge is 0.267 e. The molecule has 1 atom stereocenters. The number of carbonyl (C=O) groups is 1. The lowest BCUT2D eigenvalue weighted by Gasteiger charge is -2.11. The molecule has 2 aliphatic rings. The van der Waals surface area contributed by atoms with Crippen LogP contribution in [0.5, 0.6) is 0 Å². The molecule has 1 saturated carbocycles. The first-order valence-electron chi connectivity index (χ1n) is 7.01. The molecule has 1 saturated heterocycles. The van der Waals surface area contributed by atoms with E-state index in [-0.39, 0.29) is 35.6 Å². The summed E-state index contributed by atoms with van der Waals surface area (Å²) in [5.41, 5.74) is 0.513. The monoisotopic (exact) mass is 311 g/mol.